The molecule has 4 rings (SSSR count). The van der Waals surface area contributed by atoms with Gasteiger partial charge in [-0.3, -0.25) is 4.79 Å². The van der Waals surface area contributed by atoms with Crippen molar-refractivity contribution in [2.75, 3.05) is 12.1 Å². The number of fused-ring (bicyclic) bond motifs is 2. The number of carbonyl (C=O) groups is 2. The number of anilines is 1. The van der Waals surface area contributed by atoms with Crippen molar-refractivity contribution in [3.8, 4) is 11.5 Å². The molecular formula is C20H16FNO6. The highest BCUT2D eigenvalue weighted by molar-refractivity contribution is 5.99. The minimum Gasteiger partial charge on any atom is -0.454 e. The number of amides is 1. The number of aryl methyl sites for hydroxylation is 1. The molecule has 28 heavy (non-hydrogen) atoms. The zero-order chi connectivity index (χ0) is 19.8. The first-order valence-electron chi connectivity index (χ1n) is 8.52. The highest BCUT2D eigenvalue weighted by Gasteiger charge is 2.25. The second-order valence-electron chi connectivity index (χ2n) is 6.30. The van der Waals surface area contributed by atoms with Crippen molar-refractivity contribution in [2.24, 2.45) is 0 Å². The lowest BCUT2D eigenvalue weighted by molar-refractivity contribution is -0.123. The molecule has 0 saturated carbocycles. The van der Waals surface area contributed by atoms with E-state index in [4.69, 9.17) is 18.6 Å². The second-order valence-corrected chi connectivity index (χ2v) is 6.30. The number of esters is 1. The molecule has 1 amide bonds. The predicted molar refractivity (Wildman–Crippen MR) is 97.0 cm³/mol. The predicted octanol–water partition coefficient (Wildman–Crippen LogP) is 3.79. The van der Waals surface area contributed by atoms with E-state index in [0.717, 1.165) is 0 Å². The fraction of sp³-hybridized carbons (Fsp3) is 0.200. The van der Waals surface area contributed by atoms with Crippen molar-refractivity contribution < 1.29 is 32.6 Å². The minimum absolute atomic E-state index is 0.0664. The Morgan fingerprint density at radius 3 is 2.75 bits per heavy atom. The Kier molecular flexibility index (Phi) is 4.38. The van der Waals surface area contributed by atoms with Crippen LogP contribution in [0.1, 0.15) is 23.0 Å². The third kappa shape index (κ3) is 3.24. The van der Waals surface area contributed by atoms with Gasteiger partial charge >= 0.3 is 5.97 Å². The molecule has 1 aromatic heterocycles. The monoisotopic (exact) mass is 385 g/mol. The number of nitrogens with one attached hydrogen (secondary N) is 1. The number of ether oxygens (including phenoxy) is 3. The van der Waals surface area contributed by atoms with Crippen LogP contribution < -0.4 is 14.8 Å². The van der Waals surface area contributed by atoms with Gasteiger partial charge in [-0.05, 0) is 44.2 Å². The molecule has 7 nitrogen and oxygen atoms in total. The Hall–Kier alpha value is -3.55. The molecule has 3 aromatic rings. The summed E-state index contributed by atoms with van der Waals surface area (Å²) < 4.78 is 34.5. The molecule has 0 aliphatic carbocycles. The smallest absolute Gasteiger partial charge is 0.375 e. The van der Waals surface area contributed by atoms with Crippen molar-refractivity contribution in [1.29, 1.82) is 0 Å². The van der Waals surface area contributed by atoms with Crippen LogP contribution in [0.5, 0.6) is 11.5 Å². The van der Waals surface area contributed by atoms with Gasteiger partial charge in [0.15, 0.2) is 17.6 Å². The van der Waals surface area contributed by atoms with Crippen LogP contribution in [-0.4, -0.2) is 24.8 Å². The van der Waals surface area contributed by atoms with Gasteiger partial charge in [-0.25, -0.2) is 9.18 Å². The molecule has 144 valence electrons. The van der Waals surface area contributed by atoms with Gasteiger partial charge in [-0.1, -0.05) is 0 Å². The van der Waals surface area contributed by atoms with Crippen molar-refractivity contribution >= 4 is 28.5 Å². The maximum Gasteiger partial charge on any atom is 0.375 e. The first-order valence-corrected chi connectivity index (χ1v) is 8.52. The molecular weight excluding hydrogens is 369 g/mol. The maximum absolute atomic E-state index is 13.4. The zero-order valence-corrected chi connectivity index (χ0v) is 15.1. The molecule has 0 fully saturated rings. The van der Waals surface area contributed by atoms with Gasteiger partial charge in [0.2, 0.25) is 12.6 Å². The Bertz CT molecular complexity index is 1090. The molecule has 1 aliphatic rings. The van der Waals surface area contributed by atoms with E-state index in [2.05, 4.69) is 5.32 Å². The van der Waals surface area contributed by atoms with Gasteiger partial charge < -0.3 is 23.9 Å². The molecule has 8 heteroatoms. The lowest BCUT2D eigenvalue weighted by atomic mass is 10.1. The summed E-state index contributed by atoms with van der Waals surface area (Å²) in [5.41, 5.74) is 1.29. The fourth-order valence-electron chi connectivity index (χ4n) is 2.87. The average molecular weight is 385 g/mol. The topological polar surface area (TPSA) is 87.0 Å². The summed E-state index contributed by atoms with van der Waals surface area (Å²) >= 11 is 0. The third-order valence-electron chi connectivity index (χ3n) is 4.38. The van der Waals surface area contributed by atoms with E-state index in [9.17, 15) is 14.0 Å². The van der Waals surface area contributed by atoms with Gasteiger partial charge in [-0.15, -0.1) is 0 Å². The minimum atomic E-state index is -1.08. The van der Waals surface area contributed by atoms with Crippen molar-refractivity contribution in [3.63, 3.8) is 0 Å². The third-order valence-corrected chi connectivity index (χ3v) is 4.38. The highest BCUT2D eigenvalue weighted by atomic mass is 19.1. The first-order chi connectivity index (χ1) is 13.4. The highest BCUT2D eigenvalue weighted by Crippen LogP contribution is 2.34. The second kappa shape index (κ2) is 6.88. The van der Waals surface area contributed by atoms with Crippen molar-refractivity contribution in [2.45, 2.75) is 20.0 Å². The number of hydrogen-bond acceptors (Lipinski definition) is 6. The van der Waals surface area contributed by atoms with Crippen molar-refractivity contribution in [3.05, 3.63) is 53.5 Å². The molecule has 2 aromatic carbocycles. The standard InChI is InChI=1S/C20H16FNO6/c1-10-14-7-12(21)3-5-15(14)28-18(10)20(24)27-11(2)19(23)22-13-4-6-16-17(8-13)26-9-25-16/h3-8,11H,9H2,1-2H3,(H,22,23). The number of halogens is 1. The quantitative estimate of drug-likeness (QED) is 0.688. The summed E-state index contributed by atoms with van der Waals surface area (Å²) in [6, 6.07) is 8.89. The molecule has 2 heterocycles. The van der Waals surface area contributed by atoms with Gasteiger partial charge in [0.05, 0.1) is 0 Å². The van der Waals surface area contributed by atoms with Crippen LogP contribution in [0.4, 0.5) is 10.1 Å². The Morgan fingerprint density at radius 2 is 1.93 bits per heavy atom. The van der Waals surface area contributed by atoms with Crippen LogP contribution in [0.25, 0.3) is 11.0 Å². The number of rotatable bonds is 4. The van der Waals surface area contributed by atoms with E-state index >= 15 is 0 Å². The van der Waals surface area contributed by atoms with E-state index in [1.807, 2.05) is 0 Å². The first kappa shape index (κ1) is 17.8. The number of carbonyl (C=O) groups excluding carboxylic acids is 2. The molecule has 1 N–H and O–H groups in total. The molecule has 1 unspecified atom stereocenters. The van der Waals surface area contributed by atoms with Crippen molar-refractivity contribution in [1.82, 2.24) is 0 Å². The molecule has 0 saturated heterocycles. The fourth-order valence-corrected chi connectivity index (χ4v) is 2.87. The number of hydrogen-bond donors (Lipinski definition) is 1. The summed E-state index contributed by atoms with van der Waals surface area (Å²) in [5, 5.41) is 3.12. The Labute approximate surface area is 159 Å². The number of benzene rings is 2. The van der Waals surface area contributed by atoms with E-state index in [1.165, 1.54) is 25.1 Å². The lowest BCUT2D eigenvalue weighted by Crippen LogP contribution is -2.30. The Morgan fingerprint density at radius 1 is 1.14 bits per heavy atom. The van der Waals surface area contributed by atoms with E-state index in [0.29, 0.717) is 33.7 Å². The van der Waals surface area contributed by atoms with E-state index in [1.54, 1.807) is 25.1 Å². The molecule has 0 bridgehead atoms. The van der Waals surface area contributed by atoms with Crippen LogP contribution in [0, 0.1) is 12.7 Å². The normalized spacial score (nSPS) is 13.4. The summed E-state index contributed by atoms with van der Waals surface area (Å²) in [6.45, 7) is 3.19. The van der Waals surface area contributed by atoms with Gasteiger partial charge in [0.1, 0.15) is 11.4 Å². The van der Waals surface area contributed by atoms with Crippen LogP contribution in [0.15, 0.2) is 40.8 Å². The van der Waals surface area contributed by atoms with E-state index < -0.39 is 23.8 Å². The maximum atomic E-state index is 13.4. The summed E-state index contributed by atoms with van der Waals surface area (Å²) in [4.78, 5) is 24.8. The van der Waals surface area contributed by atoms with Gasteiger partial charge in [0, 0.05) is 22.7 Å². The van der Waals surface area contributed by atoms with Gasteiger partial charge in [0.25, 0.3) is 5.91 Å². The Balaban J connectivity index is 1.45. The summed E-state index contributed by atoms with van der Waals surface area (Å²) in [6.07, 6.45) is -1.08. The van der Waals surface area contributed by atoms with Crippen LogP contribution >= 0.6 is 0 Å². The SMILES string of the molecule is Cc1c(C(=O)OC(C)C(=O)Nc2ccc3c(c2)OCO3)oc2ccc(F)cc12. The number of furan rings is 1. The van der Waals surface area contributed by atoms with Gasteiger partial charge in [-0.2, -0.15) is 0 Å². The average Bonchev–Trinajstić information content (AvgIpc) is 3.26. The molecule has 1 atom stereocenters. The largest absolute Gasteiger partial charge is 0.454 e. The summed E-state index contributed by atoms with van der Waals surface area (Å²) in [7, 11) is 0. The molecule has 0 radical (unpaired) electrons. The zero-order valence-electron chi connectivity index (χ0n) is 15.1. The lowest BCUT2D eigenvalue weighted by Gasteiger charge is -2.13. The van der Waals surface area contributed by atoms with Crippen LogP contribution in [-0.2, 0) is 9.53 Å². The molecule has 0 spiro atoms. The van der Waals surface area contributed by atoms with E-state index in [-0.39, 0.29) is 12.6 Å². The van der Waals surface area contributed by atoms with Crippen LogP contribution in [0.3, 0.4) is 0 Å². The summed E-state index contributed by atoms with van der Waals surface area (Å²) in [5.74, 6) is -0.715. The van der Waals surface area contributed by atoms with Crippen LogP contribution in [0.2, 0.25) is 0 Å². The molecule has 1 aliphatic heterocycles.